The molecule has 1 saturated heterocycles. The van der Waals surface area contributed by atoms with Crippen LogP contribution in [0.1, 0.15) is 26.7 Å². The summed E-state index contributed by atoms with van der Waals surface area (Å²) in [5.41, 5.74) is 0. The van der Waals surface area contributed by atoms with Crippen molar-refractivity contribution in [2.75, 3.05) is 19.8 Å². The summed E-state index contributed by atoms with van der Waals surface area (Å²) in [5.74, 6) is -2.83. The topological polar surface area (TPSA) is 102 Å². The highest BCUT2D eigenvalue weighted by atomic mass is 16.5. The van der Waals surface area contributed by atoms with Crippen LogP contribution in [0.3, 0.4) is 0 Å². The van der Waals surface area contributed by atoms with Gasteiger partial charge in [-0.2, -0.15) is 0 Å². The largest absolute Gasteiger partial charge is 0.480 e. The second kappa shape index (κ2) is 7.84. The van der Waals surface area contributed by atoms with Gasteiger partial charge in [-0.1, -0.05) is 6.92 Å². The Bertz CT molecular complexity index is 364. The molecule has 0 aromatic heterocycles. The fraction of sp³-hybridized carbons (Fsp3) is 0.769. The van der Waals surface area contributed by atoms with E-state index in [1.807, 2.05) is 0 Å². The van der Waals surface area contributed by atoms with Gasteiger partial charge in [0.05, 0.1) is 25.6 Å². The van der Waals surface area contributed by atoms with E-state index in [2.05, 4.69) is 5.32 Å². The fourth-order valence-corrected chi connectivity index (χ4v) is 2.06. The molecule has 1 aliphatic heterocycles. The first-order valence-electron chi connectivity index (χ1n) is 6.72. The molecule has 1 aliphatic rings. The SMILES string of the molecule is CCOC(=O)C[C@@H](C)[C@@H](NC(=O)[C@@H]1CCOC1)C(=O)O. The Labute approximate surface area is 117 Å². The van der Waals surface area contributed by atoms with E-state index in [0.717, 1.165) is 0 Å². The third-order valence-electron chi connectivity index (χ3n) is 3.23. The maximum atomic E-state index is 11.9. The summed E-state index contributed by atoms with van der Waals surface area (Å²) in [7, 11) is 0. The van der Waals surface area contributed by atoms with E-state index in [1.54, 1.807) is 13.8 Å². The number of esters is 1. The number of carbonyl (C=O) groups excluding carboxylic acids is 2. The molecular formula is C13H21NO6. The number of hydrogen-bond acceptors (Lipinski definition) is 5. The number of nitrogens with one attached hydrogen (secondary N) is 1. The van der Waals surface area contributed by atoms with E-state index in [1.165, 1.54) is 0 Å². The van der Waals surface area contributed by atoms with Crippen LogP contribution in [0.2, 0.25) is 0 Å². The van der Waals surface area contributed by atoms with Crippen LogP contribution >= 0.6 is 0 Å². The number of amides is 1. The molecule has 0 aromatic rings. The van der Waals surface area contributed by atoms with Crippen molar-refractivity contribution in [1.82, 2.24) is 5.32 Å². The predicted molar refractivity (Wildman–Crippen MR) is 68.9 cm³/mol. The highest BCUT2D eigenvalue weighted by Gasteiger charge is 2.32. The number of aliphatic carboxylic acids is 1. The van der Waals surface area contributed by atoms with Gasteiger partial charge in [0.2, 0.25) is 5.91 Å². The molecule has 114 valence electrons. The summed E-state index contributed by atoms with van der Waals surface area (Å²) in [5, 5.41) is 11.7. The van der Waals surface area contributed by atoms with Crippen LogP contribution in [0.25, 0.3) is 0 Å². The maximum Gasteiger partial charge on any atom is 0.326 e. The molecule has 1 rings (SSSR count). The second-order valence-electron chi connectivity index (χ2n) is 4.87. The first kappa shape index (κ1) is 16.4. The van der Waals surface area contributed by atoms with Gasteiger partial charge in [0, 0.05) is 6.61 Å². The number of carboxylic acid groups (broad SMARTS) is 1. The molecule has 0 radical (unpaired) electrons. The molecule has 1 fully saturated rings. The minimum atomic E-state index is -1.16. The molecule has 0 bridgehead atoms. The van der Waals surface area contributed by atoms with Gasteiger partial charge in [0.1, 0.15) is 6.04 Å². The Kier molecular flexibility index (Phi) is 6.44. The number of rotatable bonds is 7. The zero-order valence-electron chi connectivity index (χ0n) is 11.8. The number of carboxylic acids is 1. The van der Waals surface area contributed by atoms with E-state index in [0.29, 0.717) is 19.6 Å². The molecular weight excluding hydrogens is 266 g/mol. The van der Waals surface area contributed by atoms with Gasteiger partial charge in [-0.25, -0.2) is 4.79 Å². The molecule has 0 saturated carbocycles. The molecule has 7 heteroatoms. The van der Waals surface area contributed by atoms with Crippen molar-refractivity contribution in [3.8, 4) is 0 Å². The summed E-state index contributed by atoms with van der Waals surface area (Å²) in [6.07, 6.45) is 0.538. The molecule has 0 unspecified atom stereocenters. The van der Waals surface area contributed by atoms with E-state index < -0.39 is 23.9 Å². The minimum absolute atomic E-state index is 0.0494. The second-order valence-corrected chi connectivity index (χ2v) is 4.87. The average Bonchev–Trinajstić information content (AvgIpc) is 2.89. The first-order valence-corrected chi connectivity index (χ1v) is 6.72. The normalized spacial score (nSPS) is 21.0. The van der Waals surface area contributed by atoms with Gasteiger partial charge in [-0.3, -0.25) is 9.59 Å². The Balaban J connectivity index is 2.56. The summed E-state index contributed by atoms with van der Waals surface area (Å²) in [6.45, 7) is 4.34. The number of carbonyl (C=O) groups is 3. The van der Waals surface area contributed by atoms with Gasteiger partial charge in [0.25, 0.3) is 0 Å². The van der Waals surface area contributed by atoms with Crippen LogP contribution in [0.4, 0.5) is 0 Å². The summed E-state index contributed by atoms with van der Waals surface area (Å²) in [4.78, 5) is 34.5. The lowest BCUT2D eigenvalue weighted by Gasteiger charge is -2.22. The van der Waals surface area contributed by atoms with E-state index >= 15 is 0 Å². The number of hydrogen-bond donors (Lipinski definition) is 2. The molecule has 7 nitrogen and oxygen atoms in total. The highest BCUT2D eigenvalue weighted by Crippen LogP contribution is 2.15. The highest BCUT2D eigenvalue weighted by molar-refractivity contribution is 5.85. The molecule has 0 aliphatic carbocycles. The molecule has 3 atom stereocenters. The fourth-order valence-electron chi connectivity index (χ4n) is 2.06. The van der Waals surface area contributed by atoms with Crippen molar-refractivity contribution < 1.29 is 29.0 Å². The van der Waals surface area contributed by atoms with Gasteiger partial charge in [0.15, 0.2) is 0 Å². The molecule has 0 spiro atoms. The van der Waals surface area contributed by atoms with E-state index in [9.17, 15) is 19.5 Å². The zero-order chi connectivity index (χ0) is 15.1. The van der Waals surface area contributed by atoms with Crippen molar-refractivity contribution in [3.63, 3.8) is 0 Å². The molecule has 1 heterocycles. The smallest absolute Gasteiger partial charge is 0.326 e. The Hall–Kier alpha value is -1.63. The Morgan fingerprint density at radius 3 is 2.65 bits per heavy atom. The lowest BCUT2D eigenvalue weighted by Crippen LogP contribution is -2.48. The minimum Gasteiger partial charge on any atom is -0.480 e. The Morgan fingerprint density at radius 1 is 1.45 bits per heavy atom. The van der Waals surface area contributed by atoms with Gasteiger partial charge >= 0.3 is 11.9 Å². The summed E-state index contributed by atoms with van der Waals surface area (Å²) < 4.78 is 9.88. The van der Waals surface area contributed by atoms with Crippen LogP contribution in [-0.4, -0.2) is 48.8 Å². The maximum absolute atomic E-state index is 11.9. The monoisotopic (exact) mass is 287 g/mol. The van der Waals surface area contributed by atoms with Crippen LogP contribution in [0.5, 0.6) is 0 Å². The quantitative estimate of drug-likeness (QED) is 0.648. The molecule has 0 aromatic carbocycles. The average molecular weight is 287 g/mol. The molecule has 20 heavy (non-hydrogen) atoms. The number of ether oxygens (including phenoxy) is 2. The zero-order valence-corrected chi connectivity index (χ0v) is 11.8. The predicted octanol–water partition coefficient (Wildman–Crippen LogP) is 0.182. The third-order valence-corrected chi connectivity index (χ3v) is 3.23. The third kappa shape index (κ3) is 4.80. The van der Waals surface area contributed by atoms with Gasteiger partial charge in [-0.05, 0) is 19.3 Å². The van der Waals surface area contributed by atoms with Crippen LogP contribution in [-0.2, 0) is 23.9 Å². The molecule has 2 N–H and O–H groups in total. The lowest BCUT2D eigenvalue weighted by atomic mass is 9.97. The van der Waals surface area contributed by atoms with Crippen molar-refractivity contribution in [2.24, 2.45) is 11.8 Å². The summed E-state index contributed by atoms with van der Waals surface area (Å²) >= 11 is 0. The first-order chi connectivity index (χ1) is 9.45. The van der Waals surface area contributed by atoms with Crippen molar-refractivity contribution in [3.05, 3.63) is 0 Å². The van der Waals surface area contributed by atoms with Crippen LogP contribution < -0.4 is 5.32 Å². The van der Waals surface area contributed by atoms with Crippen LogP contribution in [0, 0.1) is 11.8 Å². The van der Waals surface area contributed by atoms with E-state index in [-0.39, 0.29) is 24.9 Å². The van der Waals surface area contributed by atoms with Crippen LogP contribution in [0.15, 0.2) is 0 Å². The van der Waals surface area contributed by atoms with Crippen molar-refractivity contribution in [2.45, 2.75) is 32.7 Å². The molecule has 1 amide bonds. The van der Waals surface area contributed by atoms with Gasteiger partial charge in [-0.15, -0.1) is 0 Å². The lowest BCUT2D eigenvalue weighted by molar-refractivity contribution is -0.147. The van der Waals surface area contributed by atoms with Gasteiger partial charge < -0.3 is 19.9 Å². The van der Waals surface area contributed by atoms with Crippen molar-refractivity contribution in [1.29, 1.82) is 0 Å². The standard InChI is InChI=1S/C13H21NO6/c1-3-20-10(15)6-8(2)11(13(17)18)14-12(16)9-4-5-19-7-9/h8-9,11H,3-7H2,1-2H3,(H,14,16)(H,17,18)/t8-,9-,11-/m1/s1. The van der Waals surface area contributed by atoms with Crippen molar-refractivity contribution >= 4 is 17.8 Å². The van der Waals surface area contributed by atoms with E-state index in [4.69, 9.17) is 9.47 Å². The summed E-state index contributed by atoms with van der Waals surface area (Å²) in [6, 6.07) is -1.10. The Morgan fingerprint density at radius 2 is 2.15 bits per heavy atom.